The van der Waals surface area contributed by atoms with Gasteiger partial charge in [0.1, 0.15) is 5.75 Å². The number of phenols is 1. The van der Waals surface area contributed by atoms with E-state index in [-0.39, 0.29) is 5.75 Å². The van der Waals surface area contributed by atoms with E-state index in [0.717, 1.165) is 50.5 Å². The number of piperidine rings is 1. The number of aromatic hydroxyl groups is 1. The van der Waals surface area contributed by atoms with Gasteiger partial charge in [0, 0.05) is 32.2 Å². The molecule has 140 valence electrons. The summed E-state index contributed by atoms with van der Waals surface area (Å²) in [6, 6.07) is 9.94. The van der Waals surface area contributed by atoms with Crippen LogP contribution in [0.5, 0.6) is 5.75 Å². The smallest absolute Gasteiger partial charge is 0.191 e. The van der Waals surface area contributed by atoms with E-state index in [0.29, 0.717) is 12.6 Å². The van der Waals surface area contributed by atoms with Crippen LogP contribution in [0.4, 0.5) is 0 Å². The van der Waals surface area contributed by atoms with Crippen LogP contribution in [0.3, 0.4) is 0 Å². The maximum atomic E-state index is 9.58. The zero-order chi connectivity index (χ0) is 18.2. The highest BCUT2D eigenvalue weighted by Gasteiger charge is 2.20. The second-order valence-electron chi connectivity index (χ2n) is 6.69. The molecule has 1 fully saturated rings. The van der Waals surface area contributed by atoms with Gasteiger partial charge in [0.15, 0.2) is 5.96 Å². The Hall–Kier alpha value is -2.05. The minimum absolute atomic E-state index is 0.286. The highest BCUT2D eigenvalue weighted by atomic mass is 32.1. The SMILES string of the molecule is CCNC(=NCc1cccc(O)c1)NC1CCN(Cc2ccsc2)CC1. The van der Waals surface area contributed by atoms with Crippen LogP contribution in [0, 0.1) is 0 Å². The normalized spacial score (nSPS) is 16.6. The first-order valence-electron chi connectivity index (χ1n) is 9.29. The van der Waals surface area contributed by atoms with Crippen molar-refractivity contribution in [3.63, 3.8) is 0 Å². The molecule has 5 nitrogen and oxygen atoms in total. The average Bonchev–Trinajstić information content (AvgIpc) is 3.15. The fourth-order valence-corrected chi connectivity index (χ4v) is 3.87. The maximum Gasteiger partial charge on any atom is 0.191 e. The molecule has 0 aliphatic carbocycles. The number of thiophene rings is 1. The van der Waals surface area contributed by atoms with Gasteiger partial charge in [-0.15, -0.1) is 0 Å². The number of phenolic OH excluding ortho intramolecular Hbond substituents is 1. The summed E-state index contributed by atoms with van der Waals surface area (Å²) >= 11 is 1.77. The molecular weight excluding hydrogens is 344 g/mol. The predicted molar refractivity (Wildman–Crippen MR) is 109 cm³/mol. The second kappa shape index (κ2) is 9.59. The van der Waals surface area contributed by atoms with E-state index in [4.69, 9.17) is 0 Å². The van der Waals surface area contributed by atoms with Crippen LogP contribution in [0.15, 0.2) is 46.1 Å². The van der Waals surface area contributed by atoms with Crippen LogP contribution in [0.1, 0.15) is 30.9 Å². The van der Waals surface area contributed by atoms with Gasteiger partial charge in [0.25, 0.3) is 0 Å². The molecule has 1 aromatic heterocycles. The van der Waals surface area contributed by atoms with Crippen molar-refractivity contribution in [2.75, 3.05) is 19.6 Å². The molecule has 0 spiro atoms. The highest BCUT2D eigenvalue weighted by Crippen LogP contribution is 2.16. The third-order valence-electron chi connectivity index (χ3n) is 4.59. The van der Waals surface area contributed by atoms with Crippen molar-refractivity contribution in [3.05, 3.63) is 52.2 Å². The molecule has 3 N–H and O–H groups in total. The van der Waals surface area contributed by atoms with Crippen molar-refractivity contribution >= 4 is 17.3 Å². The number of benzene rings is 1. The Kier molecular flexibility index (Phi) is 6.91. The lowest BCUT2D eigenvalue weighted by Crippen LogP contribution is -2.48. The van der Waals surface area contributed by atoms with Gasteiger partial charge in [-0.1, -0.05) is 12.1 Å². The number of nitrogens with zero attached hydrogens (tertiary/aromatic N) is 2. The molecule has 0 saturated carbocycles. The number of nitrogens with one attached hydrogen (secondary N) is 2. The Morgan fingerprint density at radius 3 is 2.81 bits per heavy atom. The van der Waals surface area contributed by atoms with Crippen molar-refractivity contribution in [2.45, 2.75) is 38.9 Å². The fourth-order valence-electron chi connectivity index (χ4n) is 3.21. The summed E-state index contributed by atoms with van der Waals surface area (Å²) in [5.74, 6) is 1.14. The maximum absolute atomic E-state index is 9.58. The molecule has 26 heavy (non-hydrogen) atoms. The topological polar surface area (TPSA) is 59.9 Å². The second-order valence-corrected chi connectivity index (χ2v) is 7.47. The summed E-state index contributed by atoms with van der Waals surface area (Å²) in [6.45, 7) is 6.75. The van der Waals surface area contributed by atoms with Gasteiger partial charge >= 0.3 is 0 Å². The third-order valence-corrected chi connectivity index (χ3v) is 5.32. The molecule has 0 radical (unpaired) electrons. The minimum Gasteiger partial charge on any atom is -0.508 e. The Bertz CT molecular complexity index is 694. The van der Waals surface area contributed by atoms with Crippen molar-refractivity contribution in [1.29, 1.82) is 0 Å². The first-order chi connectivity index (χ1) is 12.7. The quantitative estimate of drug-likeness (QED) is 0.538. The molecule has 1 saturated heterocycles. The molecule has 1 aliphatic heterocycles. The molecule has 0 bridgehead atoms. The summed E-state index contributed by atoms with van der Waals surface area (Å²) in [6.07, 6.45) is 2.25. The van der Waals surface area contributed by atoms with Crippen LogP contribution in [-0.4, -0.2) is 41.6 Å². The molecule has 1 aromatic carbocycles. The molecule has 3 rings (SSSR count). The number of hydrogen-bond acceptors (Lipinski definition) is 4. The van der Waals surface area contributed by atoms with Gasteiger partial charge in [0.05, 0.1) is 6.54 Å². The Balaban J connectivity index is 1.49. The summed E-state index contributed by atoms with van der Waals surface area (Å²) in [5.41, 5.74) is 2.43. The highest BCUT2D eigenvalue weighted by molar-refractivity contribution is 7.07. The van der Waals surface area contributed by atoms with E-state index < -0.39 is 0 Å². The monoisotopic (exact) mass is 372 g/mol. The van der Waals surface area contributed by atoms with Crippen molar-refractivity contribution in [2.24, 2.45) is 4.99 Å². The summed E-state index contributed by atoms with van der Waals surface area (Å²) in [4.78, 5) is 7.19. The molecule has 0 unspecified atom stereocenters. The lowest BCUT2D eigenvalue weighted by molar-refractivity contribution is 0.198. The van der Waals surface area contributed by atoms with E-state index in [1.165, 1.54) is 5.56 Å². The van der Waals surface area contributed by atoms with E-state index in [1.54, 1.807) is 23.5 Å². The molecule has 6 heteroatoms. The fraction of sp³-hybridized carbons (Fsp3) is 0.450. The van der Waals surface area contributed by atoms with Crippen LogP contribution < -0.4 is 10.6 Å². The number of hydrogen-bond donors (Lipinski definition) is 3. The van der Waals surface area contributed by atoms with Gasteiger partial charge in [0.2, 0.25) is 0 Å². The average molecular weight is 373 g/mol. The standard InChI is InChI=1S/C20H28N4OS/c1-2-21-20(22-13-16-4-3-5-19(25)12-16)23-18-6-9-24(10-7-18)14-17-8-11-26-15-17/h3-5,8,11-12,15,18,25H,2,6-7,9-10,13-14H2,1H3,(H2,21,22,23). The van der Waals surface area contributed by atoms with Gasteiger partial charge in [-0.05, 0) is 59.9 Å². The van der Waals surface area contributed by atoms with Gasteiger partial charge in [-0.3, -0.25) is 4.90 Å². The molecular formula is C20H28N4OS. The first-order valence-corrected chi connectivity index (χ1v) is 10.2. The predicted octanol–water partition coefficient (Wildman–Crippen LogP) is 3.17. The Morgan fingerprint density at radius 2 is 2.12 bits per heavy atom. The lowest BCUT2D eigenvalue weighted by Gasteiger charge is -2.33. The number of rotatable bonds is 6. The summed E-state index contributed by atoms with van der Waals surface area (Å²) < 4.78 is 0. The van der Waals surface area contributed by atoms with Crippen LogP contribution in [0.25, 0.3) is 0 Å². The third kappa shape index (κ3) is 5.75. The van der Waals surface area contributed by atoms with E-state index in [1.807, 2.05) is 12.1 Å². The molecule has 1 aliphatic rings. The summed E-state index contributed by atoms with van der Waals surface area (Å²) in [7, 11) is 0. The first kappa shape index (κ1) is 18.7. The lowest BCUT2D eigenvalue weighted by atomic mass is 10.0. The van der Waals surface area contributed by atoms with E-state index in [2.05, 4.69) is 44.3 Å². The van der Waals surface area contributed by atoms with Crippen molar-refractivity contribution in [3.8, 4) is 5.75 Å². The van der Waals surface area contributed by atoms with E-state index in [9.17, 15) is 5.11 Å². The van der Waals surface area contributed by atoms with Crippen LogP contribution in [-0.2, 0) is 13.1 Å². The van der Waals surface area contributed by atoms with Crippen LogP contribution >= 0.6 is 11.3 Å². The summed E-state index contributed by atoms with van der Waals surface area (Å²) in [5, 5.41) is 20.9. The van der Waals surface area contributed by atoms with Crippen LogP contribution in [0.2, 0.25) is 0 Å². The number of aliphatic imine (C=N–C) groups is 1. The Morgan fingerprint density at radius 1 is 1.27 bits per heavy atom. The van der Waals surface area contributed by atoms with Gasteiger partial charge < -0.3 is 15.7 Å². The number of guanidine groups is 1. The largest absolute Gasteiger partial charge is 0.508 e. The van der Waals surface area contributed by atoms with Gasteiger partial charge in [-0.25, -0.2) is 4.99 Å². The van der Waals surface area contributed by atoms with Crippen molar-refractivity contribution in [1.82, 2.24) is 15.5 Å². The number of likely N-dealkylation sites (tertiary alicyclic amines) is 1. The zero-order valence-electron chi connectivity index (χ0n) is 15.3. The minimum atomic E-state index is 0.286. The van der Waals surface area contributed by atoms with Crippen molar-refractivity contribution < 1.29 is 5.11 Å². The molecule has 2 aromatic rings. The Labute approximate surface area is 159 Å². The molecule has 2 heterocycles. The zero-order valence-corrected chi connectivity index (χ0v) is 16.1. The molecule has 0 atom stereocenters. The van der Waals surface area contributed by atoms with E-state index >= 15 is 0 Å². The van der Waals surface area contributed by atoms with Gasteiger partial charge in [-0.2, -0.15) is 11.3 Å². The molecule has 0 amide bonds.